The molecule has 0 aromatic rings. The molecule has 0 aromatic carbocycles. The lowest BCUT2D eigenvalue weighted by atomic mass is 9.88. The van der Waals surface area contributed by atoms with Crippen LogP contribution in [0.3, 0.4) is 0 Å². The Morgan fingerprint density at radius 3 is 2.83 bits per heavy atom. The van der Waals surface area contributed by atoms with Crippen molar-refractivity contribution in [1.29, 1.82) is 0 Å². The molecule has 18 heavy (non-hydrogen) atoms. The Kier molecular flexibility index (Phi) is 7.20. The summed E-state index contributed by atoms with van der Waals surface area (Å²) in [7, 11) is 1.78. The number of ether oxygens (including phenoxy) is 2. The van der Waals surface area contributed by atoms with E-state index in [1.807, 2.05) is 0 Å². The molecule has 1 aliphatic heterocycles. The van der Waals surface area contributed by atoms with E-state index in [9.17, 15) is 0 Å². The maximum atomic E-state index is 5.79. The molecule has 0 radical (unpaired) electrons. The average Bonchev–Trinajstić information content (AvgIpc) is 2.35. The van der Waals surface area contributed by atoms with E-state index in [1.54, 1.807) is 7.11 Å². The molecule has 108 valence electrons. The van der Waals surface area contributed by atoms with Gasteiger partial charge in [0.2, 0.25) is 0 Å². The van der Waals surface area contributed by atoms with Crippen LogP contribution < -0.4 is 5.32 Å². The molecular weight excluding hydrogens is 226 g/mol. The molecular formula is C15H31NO2. The van der Waals surface area contributed by atoms with Crippen LogP contribution in [-0.4, -0.2) is 39.0 Å². The van der Waals surface area contributed by atoms with E-state index in [4.69, 9.17) is 9.47 Å². The van der Waals surface area contributed by atoms with Crippen molar-refractivity contribution in [3.8, 4) is 0 Å². The third kappa shape index (κ3) is 6.17. The fraction of sp³-hybridized carbons (Fsp3) is 1.00. The highest BCUT2D eigenvalue weighted by Crippen LogP contribution is 2.22. The van der Waals surface area contributed by atoms with Gasteiger partial charge in [0.05, 0.1) is 6.10 Å². The summed E-state index contributed by atoms with van der Waals surface area (Å²) >= 11 is 0. The van der Waals surface area contributed by atoms with Gasteiger partial charge in [-0.1, -0.05) is 27.2 Å². The van der Waals surface area contributed by atoms with Gasteiger partial charge in [0.1, 0.15) is 0 Å². The highest BCUT2D eigenvalue weighted by Gasteiger charge is 2.24. The first-order valence-corrected chi connectivity index (χ1v) is 7.41. The normalized spacial score (nSPS) is 25.3. The monoisotopic (exact) mass is 257 g/mol. The van der Waals surface area contributed by atoms with Crippen molar-refractivity contribution in [2.75, 3.05) is 26.9 Å². The number of rotatable bonds is 8. The molecule has 1 N–H and O–H groups in total. The van der Waals surface area contributed by atoms with E-state index in [2.05, 4.69) is 26.1 Å². The van der Waals surface area contributed by atoms with Crippen LogP contribution in [0.4, 0.5) is 0 Å². The van der Waals surface area contributed by atoms with Crippen LogP contribution in [-0.2, 0) is 9.47 Å². The maximum absolute atomic E-state index is 5.79. The Hall–Kier alpha value is -0.120. The van der Waals surface area contributed by atoms with Gasteiger partial charge in [-0.15, -0.1) is 0 Å². The predicted octanol–water partition coefficient (Wildman–Crippen LogP) is 2.99. The molecule has 0 saturated carbocycles. The summed E-state index contributed by atoms with van der Waals surface area (Å²) < 4.78 is 11.0. The van der Waals surface area contributed by atoms with E-state index in [0.29, 0.717) is 17.6 Å². The minimum absolute atomic E-state index is 0.314. The summed E-state index contributed by atoms with van der Waals surface area (Å²) in [5, 5.41) is 3.72. The fourth-order valence-corrected chi connectivity index (χ4v) is 2.48. The van der Waals surface area contributed by atoms with Gasteiger partial charge in [-0.3, -0.25) is 0 Å². The smallest absolute Gasteiger partial charge is 0.0589 e. The first kappa shape index (κ1) is 15.9. The van der Waals surface area contributed by atoms with Crippen LogP contribution in [0.1, 0.15) is 52.9 Å². The van der Waals surface area contributed by atoms with Crippen LogP contribution in [0.15, 0.2) is 0 Å². The molecule has 1 rings (SSSR count). The molecule has 3 heteroatoms. The second-order valence-electron chi connectivity index (χ2n) is 6.29. The largest absolute Gasteiger partial charge is 0.385 e. The van der Waals surface area contributed by atoms with E-state index >= 15 is 0 Å². The molecule has 1 saturated heterocycles. The van der Waals surface area contributed by atoms with Crippen molar-refractivity contribution in [3.05, 3.63) is 0 Å². The van der Waals surface area contributed by atoms with Crippen molar-refractivity contribution in [1.82, 2.24) is 5.32 Å². The third-order valence-corrected chi connectivity index (χ3v) is 3.83. The number of hydrogen-bond donors (Lipinski definition) is 1. The van der Waals surface area contributed by atoms with Gasteiger partial charge < -0.3 is 14.8 Å². The first-order valence-electron chi connectivity index (χ1n) is 7.41. The summed E-state index contributed by atoms with van der Waals surface area (Å²) in [4.78, 5) is 0. The van der Waals surface area contributed by atoms with Crippen LogP contribution in [0.5, 0.6) is 0 Å². The SMILES string of the molecule is CCCC1CC(NCC(C)(C)CCOC)CCO1. The molecule has 2 unspecified atom stereocenters. The zero-order valence-corrected chi connectivity index (χ0v) is 12.6. The van der Waals surface area contributed by atoms with Crippen molar-refractivity contribution in [2.45, 2.75) is 65.0 Å². The molecule has 1 heterocycles. The van der Waals surface area contributed by atoms with Gasteiger partial charge in [0, 0.05) is 32.9 Å². The van der Waals surface area contributed by atoms with Crippen molar-refractivity contribution >= 4 is 0 Å². The minimum Gasteiger partial charge on any atom is -0.385 e. The van der Waals surface area contributed by atoms with Gasteiger partial charge in [0.15, 0.2) is 0 Å². The number of hydrogen-bond acceptors (Lipinski definition) is 3. The van der Waals surface area contributed by atoms with Crippen LogP contribution in [0.25, 0.3) is 0 Å². The predicted molar refractivity (Wildman–Crippen MR) is 75.9 cm³/mol. The Bertz CT molecular complexity index is 217. The molecule has 0 spiro atoms. The topological polar surface area (TPSA) is 30.5 Å². The molecule has 0 amide bonds. The number of methoxy groups -OCH3 is 1. The van der Waals surface area contributed by atoms with Gasteiger partial charge in [-0.25, -0.2) is 0 Å². The summed E-state index contributed by atoms with van der Waals surface area (Å²) in [5.41, 5.74) is 0.314. The third-order valence-electron chi connectivity index (χ3n) is 3.83. The molecule has 0 aliphatic carbocycles. The zero-order valence-electron chi connectivity index (χ0n) is 12.6. The Labute approximate surface area is 113 Å². The summed E-state index contributed by atoms with van der Waals surface area (Å²) in [5.74, 6) is 0. The second kappa shape index (κ2) is 8.13. The quantitative estimate of drug-likeness (QED) is 0.725. The molecule has 3 nitrogen and oxygen atoms in total. The average molecular weight is 257 g/mol. The van der Waals surface area contributed by atoms with Crippen molar-refractivity contribution < 1.29 is 9.47 Å². The molecule has 0 bridgehead atoms. The van der Waals surface area contributed by atoms with E-state index in [-0.39, 0.29) is 0 Å². The molecule has 0 aromatic heterocycles. The minimum atomic E-state index is 0.314. The number of nitrogens with one attached hydrogen (secondary N) is 1. The lowest BCUT2D eigenvalue weighted by molar-refractivity contribution is -0.00494. The zero-order chi connectivity index (χ0) is 13.4. The summed E-state index contributed by atoms with van der Waals surface area (Å²) in [6.45, 7) is 9.68. The van der Waals surface area contributed by atoms with Crippen LogP contribution >= 0.6 is 0 Å². The van der Waals surface area contributed by atoms with E-state index < -0.39 is 0 Å². The lowest BCUT2D eigenvalue weighted by Crippen LogP contribution is -2.43. The Balaban J connectivity index is 2.25. The second-order valence-corrected chi connectivity index (χ2v) is 6.29. The standard InChI is InChI=1S/C15H31NO2/c1-5-6-14-11-13(7-9-18-14)16-12-15(2,3)8-10-17-4/h13-14,16H,5-12H2,1-4H3. The van der Waals surface area contributed by atoms with Crippen molar-refractivity contribution in [2.24, 2.45) is 5.41 Å². The summed E-state index contributed by atoms with van der Waals surface area (Å²) in [6, 6.07) is 0.636. The van der Waals surface area contributed by atoms with Gasteiger partial charge in [-0.05, 0) is 31.1 Å². The van der Waals surface area contributed by atoms with E-state index in [1.165, 1.54) is 19.3 Å². The van der Waals surface area contributed by atoms with Gasteiger partial charge in [0.25, 0.3) is 0 Å². The molecule has 1 aliphatic rings. The highest BCUT2D eigenvalue weighted by atomic mass is 16.5. The Morgan fingerprint density at radius 2 is 2.17 bits per heavy atom. The molecule has 1 fully saturated rings. The van der Waals surface area contributed by atoms with Gasteiger partial charge in [-0.2, -0.15) is 0 Å². The molecule has 2 atom stereocenters. The lowest BCUT2D eigenvalue weighted by Gasteiger charge is -2.33. The highest BCUT2D eigenvalue weighted by molar-refractivity contribution is 4.80. The van der Waals surface area contributed by atoms with Crippen LogP contribution in [0, 0.1) is 5.41 Å². The van der Waals surface area contributed by atoms with Gasteiger partial charge >= 0.3 is 0 Å². The van der Waals surface area contributed by atoms with Crippen molar-refractivity contribution in [3.63, 3.8) is 0 Å². The summed E-state index contributed by atoms with van der Waals surface area (Å²) in [6.07, 6.45) is 6.33. The fourth-order valence-electron chi connectivity index (χ4n) is 2.48. The first-order chi connectivity index (χ1) is 8.57. The maximum Gasteiger partial charge on any atom is 0.0589 e. The van der Waals surface area contributed by atoms with Crippen LogP contribution in [0.2, 0.25) is 0 Å². The Morgan fingerprint density at radius 1 is 1.39 bits per heavy atom. The van der Waals surface area contributed by atoms with E-state index in [0.717, 1.165) is 32.6 Å².